The number of hydrogen-bond donors (Lipinski definition) is 1. The minimum absolute atomic E-state index is 0.135. The van der Waals surface area contributed by atoms with Crippen molar-refractivity contribution in [1.82, 2.24) is 5.32 Å². The molecule has 0 aliphatic carbocycles. The Morgan fingerprint density at radius 3 is 2.58 bits per heavy atom. The van der Waals surface area contributed by atoms with E-state index in [1.54, 1.807) is 18.2 Å². The molecule has 5 nitrogen and oxygen atoms in total. The molecule has 0 bridgehead atoms. The summed E-state index contributed by atoms with van der Waals surface area (Å²) < 4.78 is 38.1. The molecule has 158 valence electrons. The lowest BCUT2D eigenvalue weighted by Gasteiger charge is -2.15. The van der Waals surface area contributed by atoms with E-state index in [0.717, 1.165) is 17.7 Å². The number of methoxy groups -OCH3 is 1. The molecular weight excluding hydrogens is 426 g/mol. The molecule has 1 atom stereocenters. The van der Waals surface area contributed by atoms with E-state index in [1.165, 1.54) is 19.2 Å². The summed E-state index contributed by atoms with van der Waals surface area (Å²) in [6.45, 7) is 0.196. The summed E-state index contributed by atoms with van der Waals surface area (Å²) in [5, 5.41) is 12.3. The molecule has 3 aromatic carbocycles. The zero-order valence-corrected chi connectivity index (χ0v) is 17.1. The van der Waals surface area contributed by atoms with Crippen LogP contribution in [-0.2, 0) is 6.61 Å². The molecule has 1 amide bonds. The first-order valence-corrected chi connectivity index (χ1v) is 9.50. The van der Waals surface area contributed by atoms with Crippen LogP contribution >= 0.6 is 11.6 Å². The van der Waals surface area contributed by atoms with Gasteiger partial charge in [-0.05, 0) is 30.3 Å². The van der Waals surface area contributed by atoms with Gasteiger partial charge in [0.05, 0.1) is 13.2 Å². The SMILES string of the molecule is COc1cc(C(=O)NC(C#N)c2ccc(F)cc2F)ccc1OCc1ccccc1Cl. The highest BCUT2D eigenvalue weighted by Crippen LogP contribution is 2.30. The maximum atomic E-state index is 14.0. The number of carbonyl (C=O) groups excluding carboxylic acids is 1. The molecule has 0 saturated heterocycles. The predicted molar refractivity (Wildman–Crippen MR) is 111 cm³/mol. The fourth-order valence-corrected chi connectivity index (χ4v) is 3.02. The van der Waals surface area contributed by atoms with Gasteiger partial charge in [-0.15, -0.1) is 0 Å². The summed E-state index contributed by atoms with van der Waals surface area (Å²) in [5.41, 5.74) is 0.819. The highest BCUT2D eigenvalue weighted by molar-refractivity contribution is 6.31. The Hall–Kier alpha value is -3.63. The van der Waals surface area contributed by atoms with Crippen LogP contribution in [0.15, 0.2) is 60.7 Å². The zero-order chi connectivity index (χ0) is 22.4. The topological polar surface area (TPSA) is 71.3 Å². The molecule has 3 rings (SSSR count). The summed E-state index contributed by atoms with van der Waals surface area (Å²) in [4.78, 5) is 12.6. The van der Waals surface area contributed by atoms with E-state index in [9.17, 15) is 18.8 Å². The predicted octanol–water partition coefficient (Wildman–Crippen LogP) is 5.20. The average molecular weight is 443 g/mol. The molecule has 0 heterocycles. The van der Waals surface area contributed by atoms with Crippen molar-refractivity contribution in [3.63, 3.8) is 0 Å². The van der Waals surface area contributed by atoms with Crippen LogP contribution in [-0.4, -0.2) is 13.0 Å². The van der Waals surface area contributed by atoms with Crippen LogP contribution in [0, 0.1) is 23.0 Å². The van der Waals surface area contributed by atoms with Crippen LogP contribution in [0.3, 0.4) is 0 Å². The van der Waals surface area contributed by atoms with Crippen molar-refractivity contribution in [3.05, 3.63) is 94.0 Å². The molecule has 0 aliphatic heterocycles. The van der Waals surface area contributed by atoms with Gasteiger partial charge in [0.1, 0.15) is 24.3 Å². The normalized spacial score (nSPS) is 11.3. The lowest BCUT2D eigenvalue weighted by atomic mass is 10.1. The standard InChI is InChI=1S/C23H17ClF2N2O3/c1-30-22-10-14(6-9-21(22)31-13-15-4-2-3-5-18(15)24)23(29)28-20(12-27)17-8-7-16(25)11-19(17)26/h2-11,20H,13H2,1H3,(H,28,29). The number of nitrogens with one attached hydrogen (secondary N) is 1. The molecule has 0 aromatic heterocycles. The van der Waals surface area contributed by atoms with Crippen LogP contribution in [0.1, 0.15) is 27.5 Å². The number of nitriles is 1. The van der Waals surface area contributed by atoms with Crippen molar-refractivity contribution in [2.45, 2.75) is 12.6 Å². The maximum Gasteiger partial charge on any atom is 0.252 e. The molecule has 0 fully saturated rings. The summed E-state index contributed by atoms with van der Waals surface area (Å²) in [6, 6.07) is 15.0. The number of carbonyl (C=O) groups is 1. The first-order chi connectivity index (χ1) is 14.9. The lowest BCUT2D eigenvalue weighted by Crippen LogP contribution is -2.28. The van der Waals surface area contributed by atoms with Gasteiger partial charge in [-0.2, -0.15) is 5.26 Å². The summed E-state index contributed by atoms with van der Waals surface area (Å²) in [5.74, 6) is -1.65. The number of hydrogen-bond acceptors (Lipinski definition) is 4. The third kappa shape index (κ3) is 5.30. The van der Waals surface area contributed by atoms with Crippen molar-refractivity contribution in [2.24, 2.45) is 0 Å². The molecule has 8 heteroatoms. The van der Waals surface area contributed by atoms with Gasteiger partial charge in [0.2, 0.25) is 0 Å². The van der Waals surface area contributed by atoms with Gasteiger partial charge in [0, 0.05) is 27.8 Å². The van der Waals surface area contributed by atoms with Crippen LogP contribution < -0.4 is 14.8 Å². The molecule has 0 radical (unpaired) electrons. The quantitative estimate of drug-likeness (QED) is 0.546. The molecule has 1 N–H and O–H groups in total. The van der Waals surface area contributed by atoms with Crippen molar-refractivity contribution in [3.8, 4) is 17.6 Å². The Balaban J connectivity index is 1.75. The van der Waals surface area contributed by atoms with Crippen LogP contribution in [0.2, 0.25) is 5.02 Å². The van der Waals surface area contributed by atoms with E-state index >= 15 is 0 Å². The van der Waals surface area contributed by atoms with Crippen LogP contribution in [0.4, 0.5) is 8.78 Å². The monoisotopic (exact) mass is 442 g/mol. The highest BCUT2D eigenvalue weighted by Gasteiger charge is 2.20. The van der Waals surface area contributed by atoms with Gasteiger partial charge in [0.15, 0.2) is 11.5 Å². The van der Waals surface area contributed by atoms with Gasteiger partial charge in [-0.25, -0.2) is 8.78 Å². The minimum Gasteiger partial charge on any atom is -0.493 e. The van der Waals surface area contributed by atoms with Gasteiger partial charge in [-0.3, -0.25) is 4.79 Å². The molecule has 31 heavy (non-hydrogen) atoms. The van der Waals surface area contributed by atoms with E-state index < -0.39 is 23.6 Å². The van der Waals surface area contributed by atoms with Gasteiger partial charge >= 0.3 is 0 Å². The van der Waals surface area contributed by atoms with Gasteiger partial charge in [0.25, 0.3) is 5.91 Å². The molecule has 0 saturated carbocycles. The van der Waals surface area contributed by atoms with Crippen molar-refractivity contribution < 1.29 is 23.0 Å². The van der Waals surface area contributed by atoms with Gasteiger partial charge < -0.3 is 14.8 Å². The van der Waals surface area contributed by atoms with E-state index in [0.29, 0.717) is 22.6 Å². The second-order valence-electron chi connectivity index (χ2n) is 6.45. The Kier molecular flexibility index (Phi) is 7.06. The Morgan fingerprint density at radius 2 is 1.90 bits per heavy atom. The first kappa shape index (κ1) is 22.1. The number of halogens is 3. The number of amides is 1. The second kappa shape index (κ2) is 9.92. The van der Waals surface area contributed by atoms with E-state index in [4.69, 9.17) is 21.1 Å². The third-order valence-corrected chi connectivity index (χ3v) is 4.81. The number of rotatable bonds is 7. The van der Waals surface area contributed by atoms with Crippen LogP contribution in [0.5, 0.6) is 11.5 Å². The average Bonchev–Trinajstić information content (AvgIpc) is 2.77. The van der Waals surface area contributed by atoms with E-state index in [2.05, 4.69) is 5.32 Å². The maximum absolute atomic E-state index is 14.0. The molecule has 1 unspecified atom stereocenters. The molecular formula is C23H17ClF2N2O3. The Morgan fingerprint density at radius 1 is 1.13 bits per heavy atom. The van der Waals surface area contributed by atoms with Crippen LogP contribution in [0.25, 0.3) is 0 Å². The smallest absolute Gasteiger partial charge is 0.252 e. The highest BCUT2D eigenvalue weighted by atomic mass is 35.5. The molecule has 0 aliphatic rings. The van der Waals surface area contributed by atoms with Crippen molar-refractivity contribution in [2.75, 3.05) is 7.11 Å². The molecule has 0 spiro atoms. The number of ether oxygens (including phenoxy) is 2. The largest absolute Gasteiger partial charge is 0.493 e. The fraction of sp³-hybridized carbons (Fsp3) is 0.130. The Labute approximate surface area is 182 Å². The third-order valence-electron chi connectivity index (χ3n) is 4.44. The minimum atomic E-state index is -1.30. The van der Waals surface area contributed by atoms with Crippen molar-refractivity contribution >= 4 is 17.5 Å². The van der Waals surface area contributed by atoms with E-state index in [-0.39, 0.29) is 17.7 Å². The summed E-state index contributed by atoms with van der Waals surface area (Å²) in [6.07, 6.45) is 0. The number of nitrogens with zero attached hydrogens (tertiary/aromatic N) is 1. The molecule has 3 aromatic rings. The van der Waals surface area contributed by atoms with Crippen molar-refractivity contribution in [1.29, 1.82) is 5.26 Å². The second-order valence-corrected chi connectivity index (χ2v) is 6.85. The zero-order valence-electron chi connectivity index (χ0n) is 16.4. The van der Waals surface area contributed by atoms with E-state index in [1.807, 2.05) is 18.2 Å². The Bertz CT molecular complexity index is 1150. The number of benzene rings is 3. The van der Waals surface area contributed by atoms with Gasteiger partial charge in [-0.1, -0.05) is 35.9 Å². The fourth-order valence-electron chi connectivity index (χ4n) is 2.83. The first-order valence-electron chi connectivity index (χ1n) is 9.12. The summed E-state index contributed by atoms with van der Waals surface area (Å²) >= 11 is 6.13. The summed E-state index contributed by atoms with van der Waals surface area (Å²) in [7, 11) is 1.42. The lowest BCUT2D eigenvalue weighted by molar-refractivity contribution is 0.0944.